The zero-order valence-corrected chi connectivity index (χ0v) is 43.9. The van der Waals surface area contributed by atoms with Gasteiger partial charge < -0.3 is 20.3 Å². The molecule has 0 radical (unpaired) electrons. The first kappa shape index (κ1) is 63.3. The lowest BCUT2D eigenvalue weighted by atomic mass is 10.0. The monoisotopic (exact) mass is 916 g/mol. The molecule has 0 fully saturated rings. The molecule has 0 rings (SSSR count). The Morgan fingerprint density at radius 3 is 1.25 bits per heavy atom. The maximum Gasteiger partial charge on any atom is 0.306 e. The number of ether oxygens (including phenoxy) is 1. The van der Waals surface area contributed by atoms with Crippen molar-refractivity contribution in [3.8, 4) is 0 Å². The fourth-order valence-corrected chi connectivity index (χ4v) is 9.18. The van der Waals surface area contributed by atoms with E-state index in [1.54, 1.807) is 0 Å². The molecular weight excluding hydrogens is 803 g/mol. The Morgan fingerprint density at radius 1 is 0.462 bits per heavy atom. The van der Waals surface area contributed by atoms with E-state index >= 15 is 0 Å². The van der Waals surface area contributed by atoms with Crippen molar-refractivity contribution in [2.45, 2.75) is 334 Å². The summed E-state index contributed by atoms with van der Waals surface area (Å²) in [7, 11) is 0. The van der Waals surface area contributed by atoms with E-state index in [1.807, 2.05) is 0 Å². The van der Waals surface area contributed by atoms with Gasteiger partial charge in [0.2, 0.25) is 5.91 Å². The summed E-state index contributed by atoms with van der Waals surface area (Å²) in [6.45, 7) is 6.42. The van der Waals surface area contributed by atoms with Gasteiger partial charge in [0.25, 0.3) is 0 Å². The van der Waals surface area contributed by atoms with Crippen molar-refractivity contribution < 1.29 is 24.5 Å². The SMILES string of the molecule is CC/C=C/C/C=C/CCCCCCCC(CC(=O)NC(CO)C(O)CCCCCCCCCCCCCCCCCC)OC(=O)CCCCCCCCCCCCCCCCCCCC. The minimum absolute atomic E-state index is 0.0738. The summed E-state index contributed by atoms with van der Waals surface area (Å²) < 4.78 is 5.95. The van der Waals surface area contributed by atoms with E-state index in [0.717, 1.165) is 70.6 Å². The number of unbranched alkanes of at least 4 members (excludes halogenated alkanes) is 37. The van der Waals surface area contributed by atoms with Crippen LogP contribution in [0.3, 0.4) is 0 Å². The third-order valence-corrected chi connectivity index (χ3v) is 13.5. The second kappa shape index (κ2) is 53.3. The number of nitrogens with one attached hydrogen (secondary N) is 1. The molecule has 0 aromatic carbocycles. The molecule has 0 aliphatic heterocycles. The first-order valence-electron chi connectivity index (χ1n) is 29.1. The Balaban J connectivity index is 4.44. The van der Waals surface area contributed by atoms with Crippen molar-refractivity contribution in [3.05, 3.63) is 24.3 Å². The molecule has 3 unspecified atom stereocenters. The summed E-state index contributed by atoms with van der Waals surface area (Å²) >= 11 is 0. The maximum atomic E-state index is 13.2. The number of carbonyl (C=O) groups excluding carboxylic acids is 2. The van der Waals surface area contributed by atoms with Crippen molar-refractivity contribution in [3.63, 3.8) is 0 Å². The van der Waals surface area contributed by atoms with Crippen LogP contribution < -0.4 is 5.32 Å². The third kappa shape index (κ3) is 48.6. The summed E-state index contributed by atoms with van der Waals surface area (Å²) in [4.78, 5) is 26.2. The summed E-state index contributed by atoms with van der Waals surface area (Å²) in [5.41, 5.74) is 0. The highest BCUT2D eigenvalue weighted by molar-refractivity contribution is 5.77. The predicted octanol–water partition coefficient (Wildman–Crippen LogP) is 17.9. The Labute approximate surface area is 405 Å². The molecule has 0 aromatic rings. The Morgan fingerprint density at radius 2 is 0.831 bits per heavy atom. The molecule has 0 heterocycles. The number of hydrogen-bond acceptors (Lipinski definition) is 5. The molecule has 3 atom stereocenters. The fraction of sp³-hybridized carbons (Fsp3) is 0.898. The molecule has 0 bridgehead atoms. The van der Waals surface area contributed by atoms with Gasteiger partial charge in [-0.05, 0) is 51.4 Å². The summed E-state index contributed by atoms with van der Waals surface area (Å²) in [5, 5.41) is 23.9. The number of carbonyl (C=O) groups is 2. The van der Waals surface area contributed by atoms with E-state index < -0.39 is 18.2 Å². The van der Waals surface area contributed by atoms with E-state index in [4.69, 9.17) is 4.74 Å². The molecule has 0 aliphatic carbocycles. The van der Waals surface area contributed by atoms with Crippen LogP contribution in [-0.4, -0.2) is 46.9 Å². The minimum atomic E-state index is -0.788. The van der Waals surface area contributed by atoms with E-state index in [9.17, 15) is 19.8 Å². The number of esters is 1. The Bertz CT molecular complexity index is 1030. The van der Waals surface area contributed by atoms with Gasteiger partial charge in [-0.1, -0.05) is 276 Å². The molecule has 3 N–H and O–H groups in total. The Hall–Kier alpha value is -1.66. The molecular formula is C59H113NO5. The molecule has 6 nitrogen and oxygen atoms in total. The average Bonchev–Trinajstić information content (AvgIpc) is 3.30. The van der Waals surface area contributed by atoms with Crippen LogP contribution in [0.15, 0.2) is 24.3 Å². The molecule has 6 heteroatoms. The zero-order chi connectivity index (χ0) is 47.4. The standard InChI is InChI=1S/C59H113NO5/c1-4-7-10-13-16-19-22-25-27-29-30-32-34-37-40-43-46-49-52-59(64)65-55(50-47-44-41-38-35-24-21-18-15-12-9-6-3)53-58(63)60-56(54-61)57(62)51-48-45-42-39-36-33-31-28-26-23-20-17-14-11-8-5-2/h9,12,18,21,55-57,61-62H,4-8,10-11,13-17,19-20,22-54H2,1-3H3,(H,60,63)/b12-9+,21-18+. The van der Waals surface area contributed by atoms with Gasteiger partial charge in [0, 0.05) is 6.42 Å². The van der Waals surface area contributed by atoms with Crippen LogP contribution in [-0.2, 0) is 14.3 Å². The smallest absolute Gasteiger partial charge is 0.306 e. The van der Waals surface area contributed by atoms with Gasteiger partial charge in [-0.25, -0.2) is 0 Å². The van der Waals surface area contributed by atoms with Crippen molar-refractivity contribution in [1.29, 1.82) is 0 Å². The third-order valence-electron chi connectivity index (χ3n) is 13.5. The van der Waals surface area contributed by atoms with Gasteiger partial charge in [0.05, 0.1) is 25.2 Å². The molecule has 384 valence electrons. The van der Waals surface area contributed by atoms with Crippen molar-refractivity contribution in [2.75, 3.05) is 6.61 Å². The molecule has 1 amide bonds. The normalized spacial score (nSPS) is 13.2. The van der Waals surface area contributed by atoms with Gasteiger partial charge in [-0.15, -0.1) is 0 Å². The summed E-state index contributed by atoms with van der Waals surface area (Å²) in [6.07, 6.45) is 62.5. The van der Waals surface area contributed by atoms with Crippen molar-refractivity contribution in [2.24, 2.45) is 0 Å². The summed E-state index contributed by atoms with van der Waals surface area (Å²) in [6, 6.07) is -0.702. The van der Waals surface area contributed by atoms with Crippen LogP contribution in [0.25, 0.3) is 0 Å². The molecule has 0 spiro atoms. The fourth-order valence-electron chi connectivity index (χ4n) is 9.18. The maximum absolute atomic E-state index is 13.2. The number of amides is 1. The molecule has 0 saturated heterocycles. The van der Waals surface area contributed by atoms with Crippen molar-refractivity contribution >= 4 is 11.9 Å². The number of rotatable bonds is 53. The van der Waals surface area contributed by atoms with E-state index in [0.29, 0.717) is 19.3 Å². The zero-order valence-electron chi connectivity index (χ0n) is 43.9. The van der Waals surface area contributed by atoms with Crippen LogP contribution in [0, 0.1) is 0 Å². The molecule has 0 aromatic heterocycles. The van der Waals surface area contributed by atoms with Gasteiger partial charge in [-0.2, -0.15) is 0 Å². The van der Waals surface area contributed by atoms with Crippen LogP contribution in [0.5, 0.6) is 0 Å². The predicted molar refractivity (Wildman–Crippen MR) is 283 cm³/mol. The lowest BCUT2D eigenvalue weighted by Crippen LogP contribution is -2.46. The topological polar surface area (TPSA) is 95.9 Å². The van der Waals surface area contributed by atoms with Gasteiger partial charge >= 0.3 is 5.97 Å². The first-order valence-corrected chi connectivity index (χ1v) is 29.1. The molecule has 65 heavy (non-hydrogen) atoms. The number of aliphatic hydroxyl groups is 2. The van der Waals surface area contributed by atoms with Gasteiger partial charge in [0.1, 0.15) is 6.10 Å². The summed E-state index contributed by atoms with van der Waals surface area (Å²) in [5.74, 6) is -0.469. The lowest BCUT2D eigenvalue weighted by Gasteiger charge is -2.24. The van der Waals surface area contributed by atoms with Gasteiger partial charge in [-0.3, -0.25) is 9.59 Å². The molecule has 0 aliphatic rings. The van der Waals surface area contributed by atoms with Crippen LogP contribution in [0.1, 0.15) is 316 Å². The lowest BCUT2D eigenvalue weighted by molar-refractivity contribution is -0.151. The van der Waals surface area contributed by atoms with Crippen LogP contribution in [0.2, 0.25) is 0 Å². The van der Waals surface area contributed by atoms with Crippen LogP contribution in [0.4, 0.5) is 0 Å². The highest BCUT2D eigenvalue weighted by Gasteiger charge is 2.24. The molecule has 0 saturated carbocycles. The average molecular weight is 917 g/mol. The van der Waals surface area contributed by atoms with Crippen molar-refractivity contribution in [1.82, 2.24) is 5.32 Å². The van der Waals surface area contributed by atoms with Crippen LogP contribution >= 0.6 is 0 Å². The highest BCUT2D eigenvalue weighted by Crippen LogP contribution is 2.19. The van der Waals surface area contributed by atoms with E-state index in [-0.39, 0.29) is 24.9 Å². The largest absolute Gasteiger partial charge is 0.462 e. The minimum Gasteiger partial charge on any atom is -0.462 e. The number of allylic oxidation sites excluding steroid dienone is 4. The van der Waals surface area contributed by atoms with E-state index in [2.05, 4.69) is 50.4 Å². The highest BCUT2D eigenvalue weighted by atomic mass is 16.5. The first-order chi connectivity index (χ1) is 32.0. The van der Waals surface area contributed by atoms with E-state index in [1.165, 1.54) is 199 Å². The number of hydrogen-bond donors (Lipinski definition) is 3. The quantitative estimate of drug-likeness (QED) is 0.0321. The second-order valence-corrected chi connectivity index (χ2v) is 20.0. The Kier molecular flexibility index (Phi) is 51.9. The number of aliphatic hydroxyl groups excluding tert-OH is 2. The second-order valence-electron chi connectivity index (χ2n) is 20.0. The van der Waals surface area contributed by atoms with Gasteiger partial charge in [0.15, 0.2) is 0 Å².